The van der Waals surface area contributed by atoms with Crippen LogP contribution >= 0.6 is 0 Å². The van der Waals surface area contributed by atoms with E-state index < -0.39 is 0 Å². The largest absolute Gasteiger partial charge is 0.496 e. The first-order valence-corrected chi connectivity index (χ1v) is 16.8. The molecule has 0 aliphatic carbocycles. The Morgan fingerprint density at radius 3 is 2.53 bits per heavy atom. The number of nitrogens with zero attached hydrogens (tertiary/aromatic N) is 7. The minimum absolute atomic E-state index is 0.482. The van der Waals surface area contributed by atoms with Crippen LogP contribution in [-0.2, 0) is 13.0 Å². The van der Waals surface area contributed by atoms with Crippen molar-refractivity contribution < 1.29 is 9.47 Å². The van der Waals surface area contributed by atoms with Gasteiger partial charge in [-0.25, -0.2) is 15.0 Å². The van der Waals surface area contributed by atoms with Crippen LogP contribution < -0.4 is 19.7 Å². The third-order valence-electron chi connectivity index (χ3n) is 9.36. The minimum Gasteiger partial charge on any atom is -0.496 e. The number of benzene rings is 3. The van der Waals surface area contributed by atoms with Crippen molar-refractivity contribution in [2.24, 2.45) is 0 Å². The highest BCUT2D eigenvalue weighted by molar-refractivity contribution is 5.86. The monoisotopic (exact) mass is 657 g/mol. The number of aromatic nitrogens is 6. The van der Waals surface area contributed by atoms with Gasteiger partial charge in [-0.15, -0.1) is 0 Å². The van der Waals surface area contributed by atoms with Crippen molar-refractivity contribution in [2.45, 2.75) is 38.8 Å². The summed E-state index contributed by atoms with van der Waals surface area (Å²) < 4.78 is 13.3. The van der Waals surface area contributed by atoms with Crippen LogP contribution in [0.25, 0.3) is 33.5 Å². The molecule has 2 N–H and O–H groups in total. The molecule has 0 atom stereocenters. The fraction of sp³-hybridized carbons (Fsp3) is 0.316. The maximum absolute atomic E-state index is 5.82. The summed E-state index contributed by atoms with van der Waals surface area (Å²) in [6.45, 7) is 4.86. The number of hydrogen-bond acceptors (Lipinski definition) is 9. The van der Waals surface area contributed by atoms with Gasteiger partial charge in [0.2, 0.25) is 5.95 Å². The predicted octanol–water partition coefficient (Wildman–Crippen LogP) is 6.79. The van der Waals surface area contributed by atoms with Gasteiger partial charge in [-0.2, -0.15) is 5.10 Å². The van der Waals surface area contributed by atoms with E-state index in [9.17, 15) is 0 Å². The van der Waals surface area contributed by atoms with E-state index in [0.29, 0.717) is 18.4 Å². The summed E-state index contributed by atoms with van der Waals surface area (Å²) in [5.41, 5.74) is 8.40. The fourth-order valence-electron chi connectivity index (χ4n) is 6.62. The topological polar surface area (TPSA) is 109 Å². The number of anilines is 3. The summed E-state index contributed by atoms with van der Waals surface area (Å²) in [5, 5.41) is 8.35. The third-order valence-corrected chi connectivity index (χ3v) is 9.36. The van der Waals surface area contributed by atoms with E-state index >= 15 is 0 Å². The van der Waals surface area contributed by atoms with E-state index in [2.05, 4.69) is 76.4 Å². The zero-order valence-corrected chi connectivity index (χ0v) is 28.8. The van der Waals surface area contributed by atoms with E-state index in [1.807, 2.05) is 47.3 Å². The van der Waals surface area contributed by atoms with Crippen LogP contribution in [0.3, 0.4) is 0 Å². The first kappa shape index (κ1) is 32.1. The number of methoxy groups -OCH3 is 2. The van der Waals surface area contributed by atoms with Crippen molar-refractivity contribution in [3.8, 4) is 34.0 Å². The molecule has 6 aromatic rings. The van der Waals surface area contributed by atoms with Gasteiger partial charge in [0.15, 0.2) is 0 Å². The molecule has 11 nitrogen and oxygen atoms in total. The molecule has 0 spiro atoms. The molecule has 1 aliphatic heterocycles. The molecule has 11 heteroatoms. The smallest absolute Gasteiger partial charge is 0.227 e. The van der Waals surface area contributed by atoms with E-state index in [4.69, 9.17) is 24.5 Å². The first-order valence-electron chi connectivity index (χ1n) is 16.8. The lowest BCUT2D eigenvalue weighted by molar-refractivity contribution is 0.249. The molecule has 0 saturated carbocycles. The van der Waals surface area contributed by atoms with Gasteiger partial charge in [0.05, 0.1) is 36.6 Å². The number of fused-ring (bicyclic) bond motifs is 1. The lowest BCUT2D eigenvalue weighted by Crippen LogP contribution is -2.41. The second-order valence-electron chi connectivity index (χ2n) is 12.6. The summed E-state index contributed by atoms with van der Waals surface area (Å²) in [7, 11) is 7.72. The highest BCUT2D eigenvalue weighted by Gasteiger charge is 2.22. The number of H-pyrrole nitrogens is 1. The molecule has 0 unspecified atom stereocenters. The molecular formula is C38H43N9O2. The Hall–Kier alpha value is -5.42. The van der Waals surface area contributed by atoms with Gasteiger partial charge in [0.1, 0.15) is 23.0 Å². The molecule has 7 rings (SSSR count). The number of hydrogen-bond donors (Lipinski definition) is 2. The van der Waals surface area contributed by atoms with Crippen molar-refractivity contribution in [3.63, 3.8) is 0 Å². The number of ether oxygens (including phenoxy) is 2. The molecule has 49 heavy (non-hydrogen) atoms. The van der Waals surface area contributed by atoms with Crippen molar-refractivity contribution in [3.05, 3.63) is 90.5 Å². The number of para-hydroxylation sites is 1. The fourth-order valence-corrected chi connectivity index (χ4v) is 6.62. The van der Waals surface area contributed by atoms with Gasteiger partial charge in [-0.1, -0.05) is 24.3 Å². The maximum Gasteiger partial charge on any atom is 0.227 e. The van der Waals surface area contributed by atoms with E-state index in [-0.39, 0.29) is 0 Å². The van der Waals surface area contributed by atoms with Crippen LogP contribution in [0.1, 0.15) is 31.2 Å². The van der Waals surface area contributed by atoms with Crippen molar-refractivity contribution in [1.29, 1.82) is 0 Å². The van der Waals surface area contributed by atoms with Crippen LogP contribution in [0, 0.1) is 0 Å². The Balaban J connectivity index is 1.14. The van der Waals surface area contributed by atoms with Crippen molar-refractivity contribution in [1.82, 2.24) is 34.6 Å². The SMILES string of the molecule is CCn1cc(-c2ccnc(Nc3ccc(N4CCC(N(C)C)CC4)cc3OC)n2)c(-c2ccc3nc(Cc4ccccc4OC)[nH]c3c2)n1. The van der Waals surface area contributed by atoms with Crippen molar-refractivity contribution >= 4 is 28.4 Å². The number of nitrogens with one attached hydrogen (secondary N) is 2. The lowest BCUT2D eigenvalue weighted by atomic mass is 10.0. The summed E-state index contributed by atoms with van der Waals surface area (Å²) in [5.74, 6) is 2.96. The molecule has 4 heterocycles. The Morgan fingerprint density at radius 1 is 0.939 bits per heavy atom. The summed E-state index contributed by atoms with van der Waals surface area (Å²) in [4.78, 5) is 22.6. The first-order chi connectivity index (χ1) is 23.9. The molecule has 3 aromatic heterocycles. The second kappa shape index (κ2) is 14.0. The molecule has 252 valence electrons. The summed E-state index contributed by atoms with van der Waals surface area (Å²) in [6, 6.07) is 23.1. The molecular weight excluding hydrogens is 614 g/mol. The van der Waals surface area contributed by atoms with Crippen LogP contribution in [0.4, 0.5) is 17.3 Å². The van der Waals surface area contributed by atoms with Crippen LogP contribution in [0.2, 0.25) is 0 Å². The number of rotatable bonds is 11. The predicted molar refractivity (Wildman–Crippen MR) is 195 cm³/mol. The quantitative estimate of drug-likeness (QED) is 0.156. The molecule has 3 aromatic carbocycles. The zero-order chi connectivity index (χ0) is 33.9. The number of aromatic amines is 1. The minimum atomic E-state index is 0.482. The number of aryl methyl sites for hydroxylation is 1. The van der Waals surface area contributed by atoms with Crippen LogP contribution in [0.5, 0.6) is 11.5 Å². The highest BCUT2D eigenvalue weighted by atomic mass is 16.5. The lowest BCUT2D eigenvalue weighted by Gasteiger charge is -2.36. The molecule has 1 saturated heterocycles. The zero-order valence-electron chi connectivity index (χ0n) is 28.8. The van der Waals surface area contributed by atoms with Crippen molar-refractivity contribution in [2.75, 3.05) is 51.6 Å². The summed E-state index contributed by atoms with van der Waals surface area (Å²) in [6.07, 6.45) is 6.75. The summed E-state index contributed by atoms with van der Waals surface area (Å²) >= 11 is 0. The van der Waals surface area contributed by atoms with E-state index in [1.54, 1.807) is 20.4 Å². The normalized spacial score (nSPS) is 13.7. The highest BCUT2D eigenvalue weighted by Crippen LogP contribution is 2.35. The van der Waals surface area contributed by atoms with Gasteiger partial charge in [-0.05, 0) is 70.3 Å². The maximum atomic E-state index is 5.82. The second-order valence-corrected chi connectivity index (χ2v) is 12.6. The molecule has 1 aliphatic rings. The molecule has 0 radical (unpaired) electrons. The van der Waals surface area contributed by atoms with Gasteiger partial charge >= 0.3 is 0 Å². The van der Waals surface area contributed by atoms with E-state index in [1.165, 1.54) is 0 Å². The van der Waals surface area contributed by atoms with Gasteiger partial charge in [0.25, 0.3) is 0 Å². The third kappa shape index (κ3) is 6.80. The van der Waals surface area contributed by atoms with Gasteiger partial charge in [-0.3, -0.25) is 4.68 Å². The number of piperidine rings is 1. The average Bonchev–Trinajstić information content (AvgIpc) is 3.76. The molecule has 0 amide bonds. The average molecular weight is 658 g/mol. The van der Waals surface area contributed by atoms with Crippen LogP contribution in [0.15, 0.2) is 79.1 Å². The Bertz CT molecular complexity index is 2060. The van der Waals surface area contributed by atoms with Gasteiger partial charge < -0.3 is 29.6 Å². The Kier molecular flexibility index (Phi) is 9.17. The standard InChI is InChI=1S/C38H43N9O2/c1-6-47-24-29(37(44-47)26-11-13-31-33(21-26)41-36(40-31)22-25-9-7-8-10-34(25)48-4)30-15-18-39-38(42-30)43-32-14-12-28(23-35(32)49-5)46-19-16-27(17-20-46)45(2)3/h7-15,18,21,23-24,27H,6,16-17,19-20,22H2,1-5H3,(H,40,41)(H,39,42,43). The Morgan fingerprint density at radius 2 is 1.76 bits per heavy atom. The van der Waals surface area contributed by atoms with Crippen LogP contribution in [-0.4, -0.2) is 82.1 Å². The molecule has 1 fully saturated rings. The van der Waals surface area contributed by atoms with E-state index in [0.717, 1.165) is 100 Å². The molecule has 0 bridgehead atoms. The Labute approximate surface area is 286 Å². The number of imidazole rings is 1. The van der Waals surface area contributed by atoms with Gasteiger partial charge in [0, 0.05) is 72.9 Å².